The molecule has 24 heavy (non-hydrogen) atoms. The van der Waals surface area contributed by atoms with Crippen LogP contribution >= 0.6 is 0 Å². The van der Waals surface area contributed by atoms with Crippen molar-refractivity contribution in [3.63, 3.8) is 0 Å². The van der Waals surface area contributed by atoms with Gasteiger partial charge in [0.2, 0.25) is 5.95 Å². The van der Waals surface area contributed by atoms with Crippen molar-refractivity contribution in [1.82, 2.24) is 19.5 Å². The monoisotopic (exact) mass is 334 g/mol. The van der Waals surface area contributed by atoms with Gasteiger partial charge in [0.25, 0.3) is 6.01 Å². The number of hydrogen-bond donors (Lipinski definition) is 2. The lowest BCUT2D eigenvalue weighted by Gasteiger charge is -2.11. The number of anilines is 2. The number of unbranched alkanes of at least 4 members (excludes halogenated alkanes) is 1. The third-order valence-electron chi connectivity index (χ3n) is 4.37. The van der Waals surface area contributed by atoms with Gasteiger partial charge >= 0.3 is 0 Å². The zero-order valence-electron chi connectivity index (χ0n) is 14.4. The molecule has 3 N–H and O–H groups in total. The van der Waals surface area contributed by atoms with E-state index in [4.69, 9.17) is 15.2 Å². The highest BCUT2D eigenvalue weighted by Crippen LogP contribution is 2.26. The van der Waals surface area contributed by atoms with Crippen LogP contribution in [0.25, 0.3) is 11.2 Å². The Kier molecular flexibility index (Phi) is 5.34. The van der Waals surface area contributed by atoms with Crippen molar-refractivity contribution in [3.05, 3.63) is 0 Å². The average Bonchev–Trinajstić information content (AvgIpc) is 3.20. The number of nitrogens with zero attached hydrogens (tertiary/aromatic N) is 4. The van der Waals surface area contributed by atoms with Gasteiger partial charge in [-0.1, -0.05) is 13.3 Å². The molecular weight excluding hydrogens is 308 g/mol. The number of hydrogen-bond acceptors (Lipinski definition) is 7. The molecule has 3 rings (SSSR count). The van der Waals surface area contributed by atoms with Crippen LogP contribution in [0.5, 0.6) is 6.01 Å². The van der Waals surface area contributed by atoms with E-state index in [0.29, 0.717) is 29.2 Å². The summed E-state index contributed by atoms with van der Waals surface area (Å²) in [7, 11) is 1.61. The van der Waals surface area contributed by atoms with Crippen LogP contribution in [0.4, 0.5) is 11.8 Å². The van der Waals surface area contributed by atoms with Gasteiger partial charge in [-0.25, -0.2) is 0 Å². The van der Waals surface area contributed by atoms with Crippen LogP contribution in [0.2, 0.25) is 0 Å². The summed E-state index contributed by atoms with van der Waals surface area (Å²) in [6.07, 6.45) is 4.28. The molecule has 1 unspecified atom stereocenters. The minimum atomic E-state index is 0.375. The van der Waals surface area contributed by atoms with E-state index in [1.165, 1.54) is 0 Å². The van der Waals surface area contributed by atoms with E-state index < -0.39 is 0 Å². The maximum atomic E-state index is 6.07. The second kappa shape index (κ2) is 7.65. The van der Waals surface area contributed by atoms with Gasteiger partial charge in [0.15, 0.2) is 17.0 Å². The second-order valence-corrected chi connectivity index (χ2v) is 6.15. The summed E-state index contributed by atoms with van der Waals surface area (Å²) < 4.78 is 12.9. The van der Waals surface area contributed by atoms with E-state index in [0.717, 1.165) is 57.6 Å². The molecule has 132 valence electrons. The first kappa shape index (κ1) is 16.8. The molecule has 8 heteroatoms. The molecule has 0 radical (unpaired) electrons. The fourth-order valence-electron chi connectivity index (χ4n) is 2.94. The summed E-state index contributed by atoms with van der Waals surface area (Å²) >= 11 is 0. The van der Waals surface area contributed by atoms with Gasteiger partial charge in [-0.2, -0.15) is 15.0 Å². The Balaban J connectivity index is 1.86. The van der Waals surface area contributed by atoms with Crippen molar-refractivity contribution in [2.24, 2.45) is 5.92 Å². The zero-order valence-corrected chi connectivity index (χ0v) is 14.4. The Hall–Kier alpha value is -2.09. The second-order valence-electron chi connectivity index (χ2n) is 6.15. The van der Waals surface area contributed by atoms with Crippen LogP contribution in [0, 0.1) is 5.92 Å². The maximum Gasteiger partial charge on any atom is 0.298 e. The average molecular weight is 334 g/mol. The predicted octanol–water partition coefficient (Wildman–Crippen LogP) is 2.06. The van der Waals surface area contributed by atoms with Crippen LogP contribution in [0.1, 0.15) is 32.6 Å². The quantitative estimate of drug-likeness (QED) is 0.713. The summed E-state index contributed by atoms with van der Waals surface area (Å²) in [5, 5.41) is 3.23. The lowest BCUT2D eigenvalue weighted by molar-refractivity contribution is 0.183. The minimum absolute atomic E-state index is 0.375. The normalized spacial score (nSPS) is 17.5. The molecular formula is C16H26N6O2. The van der Waals surface area contributed by atoms with Crippen LogP contribution < -0.4 is 15.8 Å². The number of nitrogen functional groups attached to an aromatic ring is 1. The first-order valence-corrected chi connectivity index (χ1v) is 8.62. The molecule has 0 aliphatic carbocycles. The van der Waals surface area contributed by atoms with E-state index in [2.05, 4.69) is 27.2 Å². The summed E-state index contributed by atoms with van der Waals surface area (Å²) in [6, 6.07) is 0.524. The SMILES string of the molecule is CCCCNc1nc(N)c2nc(OC)n(CCC3CCOC3)c2n1. The molecule has 1 aliphatic rings. The number of aryl methyl sites for hydroxylation is 1. The molecule has 1 fully saturated rings. The Labute approximate surface area is 141 Å². The smallest absolute Gasteiger partial charge is 0.298 e. The molecule has 0 aromatic carbocycles. The van der Waals surface area contributed by atoms with Crippen LogP contribution in [-0.4, -0.2) is 46.4 Å². The van der Waals surface area contributed by atoms with Gasteiger partial charge < -0.3 is 20.5 Å². The molecule has 2 aromatic rings. The number of aromatic nitrogens is 4. The van der Waals surface area contributed by atoms with Crippen molar-refractivity contribution < 1.29 is 9.47 Å². The molecule has 1 aliphatic heterocycles. The third kappa shape index (κ3) is 3.53. The van der Waals surface area contributed by atoms with Crippen LogP contribution in [0.15, 0.2) is 0 Å². The van der Waals surface area contributed by atoms with E-state index in [9.17, 15) is 0 Å². The largest absolute Gasteiger partial charge is 0.468 e. The van der Waals surface area contributed by atoms with Crippen LogP contribution in [0.3, 0.4) is 0 Å². The summed E-state index contributed by atoms with van der Waals surface area (Å²) in [4.78, 5) is 13.4. The maximum absolute atomic E-state index is 6.07. The highest BCUT2D eigenvalue weighted by atomic mass is 16.5. The molecule has 0 saturated carbocycles. The molecule has 3 heterocycles. The van der Waals surface area contributed by atoms with E-state index in [-0.39, 0.29) is 0 Å². The van der Waals surface area contributed by atoms with Crippen molar-refractivity contribution in [1.29, 1.82) is 0 Å². The van der Waals surface area contributed by atoms with Gasteiger partial charge in [0, 0.05) is 26.3 Å². The van der Waals surface area contributed by atoms with Crippen molar-refractivity contribution in [3.8, 4) is 6.01 Å². The van der Waals surface area contributed by atoms with Gasteiger partial charge in [-0.15, -0.1) is 0 Å². The zero-order chi connectivity index (χ0) is 16.9. The minimum Gasteiger partial charge on any atom is -0.468 e. The van der Waals surface area contributed by atoms with Crippen molar-refractivity contribution in [2.75, 3.05) is 37.9 Å². The third-order valence-corrected chi connectivity index (χ3v) is 4.37. The lowest BCUT2D eigenvalue weighted by Crippen LogP contribution is -2.10. The Morgan fingerprint density at radius 2 is 2.25 bits per heavy atom. The molecule has 1 saturated heterocycles. The first-order chi connectivity index (χ1) is 11.7. The topological polar surface area (TPSA) is 100 Å². The lowest BCUT2D eigenvalue weighted by atomic mass is 10.1. The molecule has 1 atom stereocenters. The van der Waals surface area contributed by atoms with Crippen LogP contribution in [-0.2, 0) is 11.3 Å². The predicted molar refractivity (Wildman–Crippen MR) is 93.2 cm³/mol. The Bertz CT molecular complexity index is 681. The molecule has 8 nitrogen and oxygen atoms in total. The number of fused-ring (bicyclic) bond motifs is 1. The number of nitrogens with two attached hydrogens (primary N) is 1. The fourth-order valence-corrected chi connectivity index (χ4v) is 2.94. The molecule has 0 spiro atoms. The van der Waals surface area contributed by atoms with Gasteiger partial charge in [-0.05, 0) is 25.2 Å². The number of rotatable bonds is 8. The standard InChI is InChI=1S/C16H26N6O2/c1-3-4-7-18-15-20-13(17)12-14(21-15)22(16(19-12)23-2)8-5-11-6-9-24-10-11/h11H,3-10H2,1-2H3,(H3,17,18,20,21). The fraction of sp³-hybridized carbons (Fsp3) is 0.688. The first-order valence-electron chi connectivity index (χ1n) is 8.62. The highest BCUT2D eigenvalue weighted by Gasteiger charge is 2.20. The number of imidazole rings is 1. The van der Waals surface area contributed by atoms with E-state index >= 15 is 0 Å². The molecule has 0 amide bonds. The Morgan fingerprint density at radius 1 is 1.38 bits per heavy atom. The number of methoxy groups -OCH3 is 1. The highest BCUT2D eigenvalue weighted by molar-refractivity contribution is 5.84. The van der Waals surface area contributed by atoms with E-state index in [1.807, 2.05) is 4.57 Å². The molecule has 2 aromatic heterocycles. The summed E-state index contributed by atoms with van der Waals surface area (Å²) in [5.74, 6) is 1.50. The summed E-state index contributed by atoms with van der Waals surface area (Å²) in [6.45, 7) is 5.43. The Morgan fingerprint density at radius 3 is 2.96 bits per heavy atom. The summed E-state index contributed by atoms with van der Waals surface area (Å²) in [5.41, 5.74) is 7.39. The van der Waals surface area contributed by atoms with Crippen molar-refractivity contribution >= 4 is 22.9 Å². The van der Waals surface area contributed by atoms with E-state index in [1.54, 1.807) is 7.11 Å². The number of ether oxygens (including phenoxy) is 2. The van der Waals surface area contributed by atoms with Crippen molar-refractivity contribution in [2.45, 2.75) is 39.2 Å². The molecule has 0 bridgehead atoms. The van der Waals surface area contributed by atoms with Gasteiger partial charge in [0.05, 0.1) is 7.11 Å². The van der Waals surface area contributed by atoms with Gasteiger partial charge in [-0.3, -0.25) is 4.57 Å². The van der Waals surface area contributed by atoms with Gasteiger partial charge in [0.1, 0.15) is 0 Å². The number of nitrogens with one attached hydrogen (secondary N) is 1.